The van der Waals surface area contributed by atoms with Crippen LogP contribution < -0.4 is 5.73 Å². The maximum absolute atomic E-state index is 5.80. The zero-order chi connectivity index (χ0) is 8.84. The molecule has 13 heavy (non-hydrogen) atoms. The van der Waals surface area contributed by atoms with Gasteiger partial charge in [0.25, 0.3) is 0 Å². The first-order chi connectivity index (χ1) is 6.36. The fourth-order valence-electron chi connectivity index (χ4n) is 2.02. The molecular weight excluding hydrogens is 166 g/mol. The Morgan fingerprint density at radius 2 is 2.23 bits per heavy atom. The molecule has 1 saturated carbocycles. The van der Waals surface area contributed by atoms with E-state index in [1.807, 2.05) is 0 Å². The van der Waals surface area contributed by atoms with Crippen LogP contribution in [0.25, 0.3) is 0 Å². The summed E-state index contributed by atoms with van der Waals surface area (Å²) in [4.78, 5) is 0. The molecule has 0 aromatic carbocycles. The Kier molecular flexibility index (Phi) is 1.41. The highest BCUT2D eigenvalue weighted by Gasteiger charge is 2.28. The van der Waals surface area contributed by atoms with Crippen LogP contribution in [0, 0.1) is 0 Å². The minimum Gasteiger partial charge on any atom is -0.382 e. The van der Waals surface area contributed by atoms with Crippen LogP contribution in [0.15, 0.2) is 0 Å². The van der Waals surface area contributed by atoms with Crippen molar-refractivity contribution in [3.63, 3.8) is 0 Å². The fraction of sp³-hybridized carbons (Fsp3) is 0.667. The Morgan fingerprint density at radius 3 is 2.92 bits per heavy atom. The predicted octanol–water partition coefficient (Wildman–Crippen LogP) is 1.22. The number of anilines is 1. The first-order valence-corrected chi connectivity index (χ1v) is 4.80. The monoisotopic (exact) mass is 179 g/mol. The van der Waals surface area contributed by atoms with Crippen LogP contribution in [0.4, 0.5) is 5.82 Å². The molecule has 3 rings (SSSR count). The summed E-state index contributed by atoms with van der Waals surface area (Å²) in [5, 5.41) is 4.37. The Bertz CT molecular complexity index is 341. The second-order valence-electron chi connectivity index (χ2n) is 3.83. The minimum atomic E-state index is 0.591. The maximum atomic E-state index is 5.80. The summed E-state index contributed by atoms with van der Waals surface area (Å²) in [6.45, 7) is 1.34. The van der Waals surface area contributed by atoms with E-state index in [2.05, 4.69) is 9.78 Å². The molecule has 4 heteroatoms. The van der Waals surface area contributed by atoms with Gasteiger partial charge in [0.2, 0.25) is 0 Å². The first kappa shape index (κ1) is 7.38. The van der Waals surface area contributed by atoms with Gasteiger partial charge in [0.15, 0.2) is 5.82 Å². The van der Waals surface area contributed by atoms with Crippen LogP contribution in [0.2, 0.25) is 0 Å². The summed E-state index contributed by atoms with van der Waals surface area (Å²) in [7, 11) is 0. The van der Waals surface area contributed by atoms with Gasteiger partial charge in [-0.15, -0.1) is 0 Å². The molecule has 1 aliphatic heterocycles. The SMILES string of the molecule is Nc1nn(C2CCC2)c2c1COC2. The number of rotatable bonds is 1. The Balaban J connectivity index is 2.04. The molecule has 4 nitrogen and oxygen atoms in total. The molecule has 0 atom stereocenters. The van der Waals surface area contributed by atoms with E-state index in [0.717, 1.165) is 5.56 Å². The molecule has 0 spiro atoms. The number of hydrogen-bond acceptors (Lipinski definition) is 3. The molecule has 0 unspecified atom stereocenters. The molecule has 1 aromatic rings. The standard InChI is InChI=1S/C9H13N3O/c10-9-7-4-13-5-8(7)12(11-9)6-2-1-3-6/h6H,1-5H2,(H2,10,11). The van der Waals surface area contributed by atoms with Crippen molar-refractivity contribution < 1.29 is 4.74 Å². The van der Waals surface area contributed by atoms with E-state index in [9.17, 15) is 0 Å². The van der Waals surface area contributed by atoms with E-state index in [4.69, 9.17) is 10.5 Å². The average Bonchev–Trinajstić information content (AvgIpc) is 2.53. The zero-order valence-corrected chi connectivity index (χ0v) is 7.49. The van der Waals surface area contributed by atoms with Crippen LogP contribution in [-0.4, -0.2) is 9.78 Å². The maximum Gasteiger partial charge on any atom is 0.151 e. The molecule has 2 N–H and O–H groups in total. The molecule has 0 radical (unpaired) electrons. The van der Waals surface area contributed by atoms with Gasteiger partial charge in [-0.3, -0.25) is 4.68 Å². The summed E-state index contributed by atoms with van der Waals surface area (Å²) in [6.07, 6.45) is 3.81. The van der Waals surface area contributed by atoms with Crippen molar-refractivity contribution in [2.45, 2.75) is 38.5 Å². The molecule has 1 aromatic heterocycles. The third kappa shape index (κ3) is 0.920. The summed E-state index contributed by atoms with van der Waals surface area (Å²) < 4.78 is 7.44. The molecule has 0 saturated heterocycles. The van der Waals surface area contributed by atoms with Crippen LogP contribution in [-0.2, 0) is 18.0 Å². The van der Waals surface area contributed by atoms with Crippen LogP contribution in [0.3, 0.4) is 0 Å². The van der Waals surface area contributed by atoms with Gasteiger partial charge in [0.05, 0.1) is 24.9 Å². The lowest BCUT2D eigenvalue weighted by atomic mass is 9.93. The largest absolute Gasteiger partial charge is 0.382 e. The summed E-state index contributed by atoms with van der Waals surface area (Å²) >= 11 is 0. The Hall–Kier alpha value is -1.03. The molecule has 70 valence electrons. The quantitative estimate of drug-likeness (QED) is 0.705. The molecule has 1 aliphatic carbocycles. The Morgan fingerprint density at radius 1 is 1.38 bits per heavy atom. The molecule has 0 amide bonds. The molecule has 2 heterocycles. The number of nitrogen functional groups attached to an aromatic ring is 1. The number of nitrogens with zero attached hydrogens (tertiary/aromatic N) is 2. The van der Waals surface area contributed by atoms with Gasteiger partial charge in [-0.05, 0) is 19.3 Å². The minimum absolute atomic E-state index is 0.591. The zero-order valence-electron chi connectivity index (χ0n) is 7.49. The lowest BCUT2D eigenvalue weighted by Gasteiger charge is -2.26. The smallest absolute Gasteiger partial charge is 0.151 e. The van der Waals surface area contributed by atoms with Crippen molar-refractivity contribution in [3.05, 3.63) is 11.3 Å². The van der Waals surface area contributed by atoms with E-state index in [1.165, 1.54) is 25.0 Å². The highest BCUT2D eigenvalue weighted by Crippen LogP contribution is 2.36. The number of nitrogens with two attached hydrogens (primary N) is 1. The van der Waals surface area contributed by atoms with E-state index in [-0.39, 0.29) is 0 Å². The third-order valence-corrected chi connectivity index (χ3v) is 3.06. The van der Waals surface area contributed by atoms with Gasteiger partial charge in [-0.2, -0.15) is 5.10 Å². The van der Waals surface area contributed by atoms with Crippen LogP contribution in [0.1, 0.15) is 36.6 Å². The molecule has 1 fully saturated rings. The number of hydrogen-bond donors (Lipinski definition) is 1. The lowest BCUT2D eigenvalue weighted by Crippen LogP contribution is -2.20. The van der Waals surface area contributed by atoms with Gasteiger partial charge in [0, 0.05) is 5.56 Å². The molecule has 0 bridgehead atoms. The van der Waals surface area contributed by atoms with E-state index in [0.29, 0.717) is 25.1 Å². The van der Waals surface area contributed by atoms with E-state index in [1.54, 1.807) is 0 Å². The van der Waals surface area contributed by atoms with Crippen molar-refractivity contribution in [2.24, 2.45) is 0 Å². The molecule has 2 aliphatic rings. The van der Waals surface area contributed by atoms with Gasteiger partial charge in [0.1, 0.15) is 0 Å². The Labute approximate surface area is 76.7 Å². The number of aromatic nitrogens is 2. The second-order valence-corrected chi connectivity index (χ2v) is 3.83. The topological polar surface area (TPSA) is 53.1 Å². The van der Waals surface area contributed by atoms with Gasteiger partial charge < -0.3 is 10.5 Å². The predicted molar refractivity (Wildman–Crippen MR) is 48.0 cm³/mol. The van der Waals surface area contributed by atoms with Crippen molar-refractivity contribution in [2.75, 3.05) is 5.73 Å². The second kappa shape index (κ2) is 2.48. The third-order valence-electron chi connectivity index (χ3n) is 3.06. The summed E-state index contributed by atoms with van der Waals surface area (Å²) in [6, 6.07) is 0.591. The number of ether oxygens (including phenoxy) is 1. The van der Waals surface area contributed by atoms with Crippen LogP contribution >= 0.6 is 0 Å². The average molecular weight is 179 g/mol. The summed E-state index contributed by atoms with van der Waals surface area (Å²) in [5.41, 5.74) is 8.13. The first-order valence-electron chi connectivity index (χ1n) is 4.80. The van der Waals surface area contributed by atoms with E-state index >= 15 is 0 Å². The van der Waals surface area contributed by atoms with Gasteiger partial charge in [-0.25, -0.2) is 0 Å². The van der Waals surface area contributed by atoms with E-state index < -0.39 is 0 Å². The number of fused-ring (bicyclic) bond motifs is 1. The van der Waals surface area contributed by atoms with Crippen LogP contribution in [0.5, 0.6) is 0 Å². The summed E-state index contributed by atoms with van der Waals surface area (Å²) in [5.74, 6) is 0.666. The van der Waals surface area contributed by atoms with Crippen molar-refractivity contribution in [1.82, 2.24) is 9.78 Å². The lowest BCUT2D eigenvalue weighted by molar-refractivity contribution is 0.126. The van der Waals surface area contributed by atoms with Crippen molar-refractivity contribution in [1.29, 1.82) is 0 Å². The highest BCUT2D eigenvalue weighted by atomic mass is 16.5. The van der Waals surface area contributed by atoms with Gasteiger partial charge in [-0.1, -0.05) is 0 Å². The fourth-order valence-corrected chi connectivity index (χ4v) is 2.02. The normalized spacial score (nSPS) is 21.5. The molecular formula is C9H13N3O. The van der Waals surface area contributed by atoms with Crippen molar-refractivity contribution in [3.8, 4) is 0 Å². The van der Waals surface area contributed by atoms with Gasteiger partial charge >= 0.3 is 0 Å². The van der Waals surface area contributed by atoms with Crippen molar-refractivity contribution >= 4 is 5.82 Å². The highest BCUT2D eigenvalue weighted by molar-refractivity contribution is 5.43.